The molecule has 0 atom stereocenters. The van der Waals surface area contributed by atoms with Gasteiger partial charge in [0, 0.05) is 0 Å². The van der Waals surface area contributed by atoms with Crippen molar-refractivity contribution in [3.63, 3.8) is 0 Å². The number of halogens is 1. The Bertz CT molecular complexity index is 236. The number of nitrogens with two attached hydrogens (primary N) is 1. The van der Waals surface area contributed by atoms with E-state index < -0.39 is 5.82 Å². The minimum absolute atomic E-state index is 0.123. The summed E-state index contributed by atoms with van der Waals surface area (Å²) in [5.74, 6) is -0.269. The Balaban J connectivity index is 3.09. The van der Waals surface area contributed by atoms with E-state index in [-0.39, 0.29) is 5.95 Å². The molecule has 10 heavy (non-hydrogen) atoms. The first-order chi connectivity index (χ1) is 4.74. The monoisotopic (exact) mass is 141 g/mol. The molecule has 0 saturated carbocycles. The van der Waals surface area contributed by atoms with Crippen LogP contribution in [-0.4, -0.2) is 9.97 Å². The third-order valence-corrected chi connectivity index (χ3v) is 1.17. The molecule has 0 bridgehead atoms. The molecule has 1 heterocycles. The molecule has 1 aromatic heterocycles. The highest BCUT2D eigenvalue weighted by molar-refractivity contribution is 5.18. The smallest absolute Gasteiger partial charge is 0.220 e. The van der Waals surface area contributed by atoms with E-state index in [1.165, 1.54) is 0 Å². The molecule has 3 nitrogen and oxygen atoms in total. The minimum Gasteiger partial charge on any atom is -0.368 e. The summed E-state index contributed by atoms with van der Waals surface area (Å²) in [5.41, 5.74) is 5.58. The maximum Gasteiger partial charge on any atom is 0.220 e. The van der Waals surface area contributed by atoms with Gasteiger partial charge in [-0.3, -0.25) is 0 Å². The second-order valence-electron chi connectivity index (χ2n) is 1.88. The van der Waals surface area contributed by atoms with Crippen molar-refractivity contribution in [3.8, 4) is 0 Å². The molecule has 2 N–H and O–H groups in total. The lowest BCUT2D eigenvalue weighted by Gasteiger charge is -1.96. The first-order valence-electron chi connectivity index (χ1n) is 3.01. The Hall–Kier alpha value is -1.19. The molecule has 1 rings (SSSR count). The molecule has 0 saturated heterocycles. The fourth-order valence-corrected chi connectivity index (χ4v) is 0.666. The lowest BCUT2D eigenvalue weighted by molar-refractivity contribution is 0.595. The molecular weight excluding hydrogens is 133 g/mol. The highest BCUT2D eigenvalue weighted by Crippen LogP contribution is 2.03. The predicted molar refractivity (Wildman–Crippen MR) is 35.8 cm³/mol. The highest BCUT2D eigenvalue weighted by atomic mass is 19.1. The van der Waals surface area contributed by atoms with Gasteiger partial charge in [-0.25, -0.2) is 14.4 Å². The molecule has 0 unspecified atom stereocenters. The van der Waals surface area contributed by atoms with E-state index in [2.05, 4.69) is 9.97 Å². The number of aromatic nitrogens is 2. The van der Waals surface area contributed by atoms with E-state index in [4.69, 9.17) is 5.73 Å². The van der Waals surface area contributed by atoms with Crippen LogP contribution in [0.5, 0.6) is 0 Å². The van der Waals surface area contributed by atoms with E-state index in [9.17, 15) is 4.39 Å². The maximum atomic E-state index is 12.6. The number of anilines is 1. The van der Waals surface area contributed by atoms with Crippen molar-refractivity contribution < 1.29 is 4.39 Å². The normalized spacial score (nSPS) is 9.80. The average molecular weight is 141 g/mol. The third kappa shape index (κ3) is 1.21. The van der Waals surface area contributed by atoms with Gasteiger partial charge in [-0.1, -0.05) is 6.92 Å². The van der Waals surface area contributed by atoms with Crippen LogP contribution in [0.4, 0.5) is 10.3 Å². The summed E-state index contributed by atoms with van der Waals surface area (Å²) >= 11 is 0. The lowest BCUT2D eigenvalue weighted by Crippen LogP contribution is -2.00. The zero-order valence-corrected chi connectivity index (χ0v) is 5.63. The fraction of sp³-hybridized carbons (Fsp3) is 0.333. The molecule has 0 fully saturated rings. The summed E-state index contributed by atoms with van der Waals surface area (Å²) in [6.07, 6.45) is 1.62. The molecule has 0 spiro atoms. The van der Waals surface area contributed by atoms with Gasteiger partial charge in [0.2, 0.25) is 5.95 Å². The Morgan fingerprint density at radius 2 is 2.40 bits per heavy atom. The van der Waals surface area contributed by atoms with Crippen LogP contribution in [0.2, 0.25) is 0 Å². The zero-order valence-electron chi connectivity index (χ0n) is 5.63. The molecule has 1 aromatic rings. The molecule has 54 valence electrons. The second-order valence-corrected chi connectivity index (χ2v) is 1.88. The van der Waals surface area contributed by atoms with Crippen molar-refractivity contribution in [2.45, 2.75) is 13.3 Å². The van der Waals surface area contributed by atoms with Crippen LogP contribution in [0.25, 0.3) is 0 Å². The van der Waals surface area contributed by atoms with Gasteiger partial charge in [-0.15, -0.1) is 0 Å². The van der Waals surface area contributed by atoms with Gasteiger partial charge in [0.25, 0.3) is 0 Å². The quantitative estimate of drug-likeness (QED) is 0.628. The summed E-state index contributed by atoms with van der Waals surface area (Å²) in [4.78, 5) is 7.16. The van der Waals surface area contributed by atoms with Gasteiger partial charge in [0.1, 0.15) is 0 Å². The Morgan fingerprint density at radius 3 is 2.90 bits per heavy atom. The molecule has 0 radical (unpaired) electrons. The molecular formula is C6H8FN3. The summed E-state index contributed by atoms with van der Waals surface area (Å²) in [6.45, 7) is 1.81. The van der Waals surface area contributed by atoms with Crippen LogP contribution in [0.3, 0.4) is 0 Å². The molecule has 0 amide bonds. The predicted octanol–water partition coefficient (Wildman–Crippen LogP) is 0.760. The number of hydrogen-bond acceptors (Lipinski definition) is 3. The minimum atomic E-state index is -0.392. The summed E-state index contributed by atoms with van der Waals surface area (Å²) in [7, 11) is 0. The van der Waals surface area contributed by atoms with Gasteiger partial charge in [0.05, 0.1) is 11.9 Å². The first kappa shape index (κ1) is 6.92. The van der Waals surface area contributed by atoms with E-state index in [1.807, 2.05) is 6.92 Å². The summed E-state index contributed by atoms with van der Waals surface area (Å²) in [6, 6.07) is 0. The first-order valence-corrected chi connectivity index (χ1v) is 3.01. The SMILES string of the molecule is CCc1nc(N)ncc1F. The summed E-state index contributed by atoms with van der Waals surface area (Å²) in [5, 5.41) is 0. The van der Waals surface area contributed by atoms with Gasteiger partial charge >= 0.3 is 0 Å². The van der Waals surface area contributed by atoms with Crippen LogP contribution in [0.15, 0.2) is 6.20 Å². The molecule has 0 aliphatic rings. The van der Waals surface area contributed by atoms with Crippen molar-refractivity contribution >= 4 is 5.95 Å². The van der Waals surface area contributed by atoms with E-state index >= 15 is 0 Å². The van der Waals surface area contributed by atoms with Crippen LogP contribution < -0.4 is 5.73 Å². The van der Waals surface area contributed by atoms with Crippen molar-refractivity contribution in [2.75, 3.05) is 5.73 Å². The number of nitrogen functional groups attached to an aromatic ring is 1. The van der Waals surface area contributed by atoms with Crippen molar-refractivity contribution in [1.82, 2.24) is 9.97 Å². The van der Waals surface area contributed by atoms with Gasteiger partial charge in [-0.05, 0) is 6.42 Å². The van der Waals surface area contributed by atoms with Crippen LogP contribution in [0.1, 0.15) is 12.6 Å². The molecule has 0 aliphatic carbocycles. The maximum absolute atomic E-state index is 12.6. The third-order valence-electron chi connectivity index (χ3n) is 1.17. The molecule has 4 heteroatoms. The van der Waals surface area contributed by atoms with Gasteiger partial charge in [-0.2, -0.15) is 0 Å². The van der Waals surface area contributed by atoms with E-state index in [1.54, 1.807) is 0 Å². The fourth-order valence-electron chi connectivity index (χ4n) is 0.666. The lowest BCUT2D eigenvalue weighted by atomic mass is 10.3. The van der Waals surface area contributed by atoms with Crippen LogP contribution >= 0.6 is 0 Å². The Labute approximate surface area is 58.1 Å². The summed E-state index contributed by atoms with van der Waals surface area (Å²) < 4.78 is 12.6. The van der Waals surface area contributed by atoms with Crippen LogP contribution in [0, 0.1) is 5.82 Å². The van der Waals surface area contributed by atoms with E-state index in [0.717, 1.165) is 6.20 Å². The Kier molecular flexibility index (Phi) is 1.80. The zero-order chi connectivity index (χ0) is 7.56. The standard InChI is InChI=1S/C6H8FN3/c1-2-5-4(7)3-9-6(8)10-5/h3H,2H2,1H3,(H2,8,9,10). The topological polar surface area (TPSA) is 51.8 Å². The number of nitrogens with zero attached hydrogens (tertiary/aromatic N) is 2. The molecule has 0 aliphatic heterocycles. The van der Waals surface area contributed by atoms with E-state index in [0.29, 0.717) is 12.1 Å². The highest BCUT2D eigenvalue weighted by Gasteiger charge is 2.00. The Morgan fingerprint density at radius 1 is 1.70 bits per heavy atom. The van der Waals surface area contributed by atoms with Crippen LogP contribution in [-0.2, 0) is 6.42 Å². The van der Waals surface area contributed by atoms with Gasteiger partial charge < -0.3 is 5.73 Å². The van der Waals surface area contributed by atoms with Gasteiger partial charge in [0.15, 0.2) is 5.82 Å². The number of hydrogen-bond donors (Lipinski definition) is 1. The average Bonchev–Trinajstić information content (AvgIpc) is 1.94. The second kappa shape index (κ2) is 2.60. The molecule has 0 aromatic carbocycles. The van der Waals surface area contributed by atoms with Crippen molar-refractivity contribution in [3.05, 3.63) is 17.7 Å². The number of aryl methyl sites for hydroxylation is 1. The van der Waals surface area contributed by atoms with Crippen molar-refractivity contribution in [2.24, 2.45) is 0 Å². The van der Waals surface area contributed by atoms with Crippen molar-refractivity contribution in [1.29, 1.82) is 0 Å². The largest absolute Gasteiger partial charge is 0.368 e. The number of rotatable bonds is 1.